The minimum absolute atomic E-state index is 0.0598. The van der Waals surface area contributed by atoms with Gasteiger partial charge in [0.25, 0.3) is 5.91 Å². The van der Waals surface area contributed by atoms with Gasteiger partial charge in [0.2, 0.25) is 0 Å². The minimum atomic E-state index is -0.0769. The van der Waals surface area contributed by atoms with Crippen LogP contribution in [0.15, 0.2) is 24.3 Å². The second-order valence-corrected chi connectivity index (χ2v) is 4.73. The Hall–Kier alpha value is -1.55. The Morgan fingerprint density at radius 1 is 1.37 bits per heavy atom. The van der Waals surface area contributed by atoms with Crippen molar-refractivity contribution in [3.63, 3.8) is 0 Å². The Labute approximate surface area is 115 Å². The molecule has 1 aromatic rings. The van der Waals surface area contributed by atoms with E-state index >= 15 is 0 Å². The molecule has 0 heterocycles. The van der Waals surface area contributed by atoms with Gasteiger partial charge in [0.05, 0.1) is 0 Å². The molecule has 1 rings (SSSR count). The molecule has 1 unspecified atom stereocenters. The van der Waals surface area contributed by atoms with Gasteiger partial charge < -0.3 is 15.8 Å². The van der Waals surface area contributed by atoms with E-state index in [2.05, 4.69) is 12.2 Å². The summed E-state index contributed by atoms with van der Waals surface area (Å²) in [6.07, 6.45) is 2.90. The summed E-state index contributed by atoms with van der Waals surface area (Å²) in [7, 11) is 0. The van der Waals surface area contributed by atoms with Crippen LogP contribution in [-0.4, -0.2) is 25.1 Å². The number of carbonyl (C=O) groups is 1. The molecule has 1 atom stereocenters. The van der Waals surface area contributed by atoms with E-state index in [1.165, 1.54) is 5.56 Å². The fourth-order valence-corrected chi connectivity index (χ4v) is 1.89. The Morgan fingerprint density at radius 3 is 2.63 bits per heavy atom. The zero-order chi connectivity index (χ0) is 14.1. The van der Waals surface area contributed by atoms with Gasteiger partial charge in [-0.25, -0.2) is 0 Å². The molecular weight excluding hydrogens is 240 g/mol. The van der Waals surface area contributed by atoms with Crippen LogP contribution < -0.4 is 15.8 Å². The maximum Gasteiger partial charge on any atom is 0.258 e. The van der Waals surface area contributed by atoms with Crippen LogP contribution in [-0.2, 0) is 11.2 Å². The smallest absolute Gasteiger partial charge is 0.258 e. The molecule has 3 N–H and O–H groups in total. The number of hydrogen-bond acceptors (Lipinski definition) is 3. The quantitative estimate of drug-likeness (QED) is 0.753. The SMILES string of the molecule is CCCC(C)NC(=O)COc1ccc(CCN)cc1. The minimum Gasteiger partial charge on any atom is -0.484 e. The number of rotatable bonds is 8. The Morgan fingerprint density at radius 2 is 2.05 bits per heavy atom. The largest absolute Gasteiger partial charge is 0.484 e. The van der Waals surface area contributed by atoms with Crippen molar-refractivity contribution in [1.82, 2.24) is 5.32 Å². The number of ether oxygens (including phenoxy) is 1. The molecule has 1 amide bonds. The summed E-state index contributed by atoms with van der Waals surface area (Å²) >= 11 is 0. The third-order valence-corrected chi connectivity index (χ3v) is 2.86. The third kappa shape index (κ3) is 6.25. The first-order valence-corrected chi connectivity index (χ1v) is 6.87. The molecule has 0 fully saturated rings. The number of amides is 1. The van der Waals surface area contributed by atoms with Gasteiger partial charge >= 0.3 is 0 Å². The Bertz CT molecular complexity index is 376. The van der Waals surface area contributed by atoms with Crippen LogP contribution >= 0.6 is 0 Å². The average Bonchev–Trinajstić information content (AvgIpc) is 2.38. The monoisotopic (exact) mass is 264 g/mol. The maximum absolute atomic E-state index is 11.6. The van der Waals surface area contributed by atoms with E-state index in [1.54, 1.807) is 0 Å². The van der Waals surface area contributed by atoms with E-state index in [4.69, 9.17) is 10.5 Å². The van der Waals surface area contributed by atoms with Crippen molar-refractivity contribution in [2.75, 3.05) is 13.2 Å². The van der Waals surface area contributed by atoms with Gasteiger partial charge in [-0.2, -0.15) is 0 Å². The molecule has 0 aromatic heterocycles. The molecule has 19 heavy (non-hydrogen) atoms. The van der Waals surface area contributed by atoms with Crippen LogP contribution in [0.1, 0.15) is 32.3 Å². The second kappa shape index (κ2) is 8.53. The molecule has 0 saturated carbocycles. The highest BCUT2D eigenvalue weighted by molar-refractivity contribution is 5.77. The van der Waals surface area contributed by atoms with E-state index in [1.807, 2.05) is 31.2 Å². The Balaban J connectivity index is 2.33. The first-order valence-electron chi connectivity index (χ1n) is 6.87. The number of nitrogens with one attached hydrogen (secondary N) is 1. The van der Waals surface area contributed by atoms with Crippen molar-refractivity contribution in [1.29, 1.82) is 0 Å². The molecule has 0 radical (unpaired) electrons. The molecule has 0 aliphatic carbocycles. The molecule has 0 bridgehead atoms. The normalized spacial score (nSPS) is 11.9. The van der Waals surface area contributed by atoms with Gasteiger partial charge in [-0.05, 0) is 44.0 Å². The number of carbonyl (C=O) groups excluding carboxylic acids is 1. The zero-order valence-electron chi connectivity index (χ0n) is 11.8. The van der Waals surface area contributed by atoms with Crippen LogP contribution in [0, 0.1) is 0 Å². The number of benzene rings is 1. The van der Waals surface area contributed by atoms with Crippen molar-refractivity contribution in [2.45, 2.75) is 39.2 Å². The average molecular weight is 264 g/mol. The topological polar surface area (TPSA) is 64.3 Å². The molecule has 106 valence electrons. The third-order valence-electron chi connectivity index (χ3n) is 2.86. The highest BCUT2D eigenvalue weighted by Gasteiger charge is 2.07. The molecule has 4 heteroatoms. The lowest BCUT2D eigenvalue weighted by Gasteiger charge is -2.13. The predicted molar refractivity (Wildman–Crippen MR) is 77.2 cm³/mol. The lowest BCUT2D eigenvalue weighted by molar-refractivity contribution is -0.123. The van der Waals surface area contributed by atoms with Crippen LogP contribution in [0.3, 0.4) is 0 Å². The van der Waals surface area contributed by atoms with Crippen molar-refractivity contribution in [3.05, 3.63) is 29.8 Å². The summed E-state index contributed by atoms with van der Waals surface area (Å²) in [6.45, 7) is 4.80. The standard InChI is InChI=1S/C15H24N2O2/c1-3-4-12(2)17-15(18)11-19-14-7-5-13(6-8-14)9-10-16/h5-8,12H,3-4,9-11,16H2,1-2H3,(H,17,18). The number of hydrogen-bond donors (Lipinski definition) is 2. The summed E-state index contributed by atoms with van der Waals surface area (Å²) in [6, 6.07) is 7.88. The molecule has 4 nitrogen and oxygen atoms in total. The molecule has 1 aromatic carbocycles. The Kier molecular flexibility index (Phi) is 6.97. The van der Waals surface area contributed by atoms with Gasteiger partial charge in [-0.3, -0.25) is 4.79 Å². The summed E-state index contributed by atoms with van der Waals surface area (Å²) in [5.41, 5.74) is 6.66. The summed E-state index contributed by atoms with van der Waals surface area (Å²) in [5.74, 6) is 0.631. The van der Waals surface area contributed by atoms with Crippen LogP contribution in [0.25, 0.3) is 0 Å². The first-order chi connectivity index (χ1) is 9.15. The first kappa shape index (κ1) is 15.5. The lowest BCUT2D eigenvalue weighted by atomic mass is 10.1. The highest BCUT2D eigenvalue weighted by Crippen LogP contribution is 2.12. The van der Waals surface area contributed by atoms with Gasteiger partial charge in [-0.1, -0.05) is 25.5 Å². The summed E-state index contributed by atoms with van der Waals surface area (Å²) in [4.78, 5) is 11.6. The molecule has 0 aliphatic heterocycles. The molecule has 0 aliphatic rings. The van der Waals surface area contributed by atoms with Crippen LogP contribution in [0.2, 0.25) is 0 Å². The highest BCUT2D eigenvalue weighted by atomic mass is 16.5. The fraction of sp³-hybridized carbons (Fsp3) is 0.533. The van der Waals surface area contributed by atoms with Crippen molar-refractivity contribution in [2.24, 2.45) is 5.73 Å². The van der Waals surface area contributed by atoms with Crippen LogP contribution in [0.5, 0.6) is 5.75 Å². The van der Waals surface area contributed by atoms with Gasteiger partial charge in [0, 0.05) is 6.04 Å². The van der Waals surface area contributed by atoms with E-state index < -0.39 is 0 Å². The van der Waals surface area contributed by atoms with E-state index in [-0.39, 0.29) is 18.6 Å². The van der Waals surface area contributed by atoms with Crippen LogP contribution in [0.4, 0.5) is 0 Å². The van der Waals surface area contributed by atoms with Crippen molar-refractivity contribution < 1.29 is 9.53 Å². The van der Waals surface area contributed by atoms with Crippen molar-refractivity contribution in [3.8, 4) is 5.75 Å². The van der Waals surface area contributed by atoms with Gasteiger partial charge in [-0.15, -0.1) is 0 Å². The lowest BCUT2D eigenvalue weighted by Crippen LogP contribution is -2.35. The summed E-state index contributed by atoms with van der Waals surface area (Å²) in [5, 5.41) is 2.90. The zero-order valence-corrected chi connectivity index (χ0v) is 11.8. The van der Waals surface area contributed by atoms with E-state index in [9.17, 15) is 4.79 Å². The van der Waals surface area contributed by atoms with Crippen molar-refractivity contribution >= 4 is 5.91 Å². The molecule has 0 spiro atoms. The second-order valence-electron chi connectivity index (χ2n) is 4.73. The van der Waals surface area contributed by atoms with Gasteiger partial charge in [0.1, 0.15) is 5.75 Å². The molecule has 0 saturated heterocycles. The maximum atomic E-state index is 11.6. The van der Waals surface area contributed by atoms with Gasteiger partial charge in [0.15, 0.2) is 6.61 Å². The predicted octanol–water partition coefficient (Wildman–Crippen LogP) is 1.87. The van der Waals surface area contributed by atoms with E-state index in [0.29, 0.717) is 12.3 Å². The fourth-order valence-electron chi connectivity index (χ4n) is 1.89. The van der Waals surface area contributed by atoms with E-state index in [0.717, 1.165) is 19.3 Å². The number of nitrogens with two attached hydrogens (primary N) is 1. The summed E-state index contributed by atoms with van der Waals surface area (Å²) < 4.78 is 5.44. The molecular formula is C15H24N2O2.